The van der Waals surface area contributed by atoms with Crippen LogP contribution in [0.5, 0.6) is 0 Å². The molecule has 0 spiro atoms. The number of rotatable bonds is 6. The van der Waals surface area contributed by atoms with Crippen molar-refractivity contribution in [2.75, 3.05) is 41.3 Å². The van der Waals surface area contributed by atoms with Gasteiger partial charge in [0.2, 0.25) is 0 Å². The van der Waals surface area contributed by atoms with E-state index >= 15 is 0 Å². The smallest absolute Gasteiger partial charge is 0.332 e. The van der Waals surface area contributed by atoms with Crippen LogP contribution >= 0.6 is 0 Å². The second-order valence-electron chi connectivity index (χ2n) is 3.43. The van der Waals surface area contributed by atoms with Crippen molar-refractivity contribution in [2.45, 2.75) is 0 Å². The molecule has 0 unspecified atom stereocenters. The average Bonchev–Trinajstić information content (AvgIpc) is 2.13. The minimum absolute atomic E-state index is 0.306. The molecule has 0 aliphatic heterocycles. The lowest BCUT2D eigenvalue weighted by atomic mass is 10.6. The molecule has 0 atom stereocenters. The number of nitrogens with zero attached hydrogens (tertiary/aromatic N) is 3. The summed E-state index contributed by atoms with van der Waals surface area (Å²) < 4.78 is 4.89. The van der Waals surface area contributed by atoms with Crippen LogP contribution in [0.15, 0.2) is 17.3 Å². The minimum Gasteiger partial charge on any atom is -0.461 e. The predicted molar refractivity (Wildman–Crippen MR) is 60.8 cm³/mol. The molecule has 0 amide bonds. The molecule has 0 aromatic heterocycles. The number of hydrogen-bond acceptors (Lipinski definition) is 4. The zero-order valence-corrected chi connectivity index (χ0v) is 9.80. The molecular weight excluding hydrogens is 194 g/mol. The summed E-state index contributed by atoms with van der Waals surface area (Å²) in [6.07, 6.45) is 4.71. The van der Waals surface area contributed by atoms with Crippen LogP contribution < -0.4 is 0 Å². The van der Waals surface area contributed by atoms with Crippen molar-refractivity contribution in [1.29, 1.82) is 0 Å². The summed E-state index contributed by atoms with van der Waals surface area (Å²) in [7, 11) is 7.45. The highest BCUT2D eigenvalue weighted by molar-refractivity contribution is 5.81. The van der Waals surface area contributed by atoms with Gasteiger partial charge in [-0.15, -0.1) is 0 Å². The molecule has 0 bridgehead atoms. The summed E-state index contributed by atoms with van der Waals surface area (Å²) in [6.45, 7) is 0.792. The first-order valence-corrected chi connectivity index (χ1v) is 4.70. The average molecular weight is 213 g/mol. The molecule has 0 radical (unpaired) electrons. The van der Waals surface area contributed by atoms with Crippen LogP contribution in [0, 0.1) is 0 Å². The zero-order valence-electron chi connectivity index (χ0n) is 9.80. The third-order valence-electron chi connectivity index (χ3n) is 1.29. The first kappa shape index (κ1) is 13.5. The van der Waals surface area contributed by atoms with Gasteiger partial charge in [0.05, 0.1) is 12.9 Å². The predicted octanol–water partition coefficient (Wildman–Crippen LogP) is 0.195. The fourth-order valence-corrected chi connectivity index (χ4v) is 0.678. The van der Waals surface area contributed by atoms with Gasteiger partial charge in [-0.3, -0.25) is 4.99 Å². The summed E-state index contributed by atoms with van der Waals surface area (Å²) in [5.41, 5.74) is 0. The van der Waals surface area contributed by atoms with Crippen molar-refractivity contribution in [3.8, 4) is 0 Å². The summed E-state index contributed by atoms with van der Waals surface area (Å²) in [6, 6.07) is 0. The number of hydrogen-bond donors (Lipinski definition) is 0. The molecule has 0 aliphatic rings. The van der Waals surface area contributed by atoms with Crippen LogP contribution in [0.1, 0.15) is 0 Å². The third kappa shape index (κ3) is 10.4. The minimum atomic E-state index is -0.344. The maximum absolute atomic E-state index is 11.0. The molecule has 0 aromatic rings. The van der Waals surface area contributed by atoms with E-state index in [1.54, 1.807) is 17.4 Å². The van der Waals surface area contributed by atoms with Crippen molar-refractivity contribution >= 4 is 12.3 Å². The van der Waals surface area contributed by atoms with E-state index in [-0.39, 0.29) is 5.97 Å². The second-order valence-corrected chi connectivity index (χ2v) is 3.43. The standard InChI is InChI=1S/C10H19N3O2/c1-12(2)7-5-10(14)15-8-6-11-9-13(3)4/h5,7,9H,6,8H2,1-4H3. The van der Waals surface area contributed by atoms with E-state index in [4.69, 9.17) is 4.74 Å². The number of carbonyl (C=O) groups is 1. The van der Waals surface area contributed by atoms with E-state index in [1.165, 1.54) is 6.08 Å². The fraction of sp³-hybridized carbons (Fsp3) is 0.600. The topological polar surface area (TPSA) is 45.1 Å². The third-order valence-corrected chi connectivity index (χ3v) is 1.29. The lowest BCUT2D eigenvalue weighted by Crippen LogP contribution is -2.10. The van der Waals surface area contributed by atoms with Gasteiger partial charge in [-0.25, -0.2) is 4.79 Å². The Bertz CT molecular complexity index is 235. The zero-order chi connectivity index (χ0) is 11.7. The largest absolute Gasteiger partial charge is 0.461 e. The Morgan fingerprint density at radius 3 is 2.47 bits per heavy atom. The number of aliphatic imine (C=N–C) groups is 1. The maximum atomic E-state index is 11.0. The summed E-state index contributed by atoms with van der Waals surface area (Å²) >= 11 is 0. The fourth-order valence-electron chi connectivity index (χ4n) is 0.678. The van der Waals surface area contributed by atoms with E-state index in [0.717, 1.165) is 0 Å². The quantitative estimate of drug-likeness (QED) is 0.208. The van der Waals surface area contributed by atoms with Gasteiger partial charge in [-0.05, 0) is 0 Å². The van der Waals surface area contributed by atoms with Crippen molar-refractivity contribution in [3.05, 3.63) is 12.3 Å². The molecule has 5 heteroatoms. The second kappa shape index (κ2) is 7.84. The molecule has 0 saturated heterocycles. The Kier molecular flexibility index (Phi) is 7.05. The van der Waals surface area contributed by atoms with Crippen molar-refractivity contribution in [1.82, 2.24) is 9.80 Å². The van der Waals surface area contributed by atoms with Gasteiger partial charge in [0, 0.05) is 40.5 Å². The Balaban J connectivity index is 3.56. The molecule has 0 saturated carbocycles. The first-order chi connectivity index (χ1) is 7.02. The van der Waals surface area contributed by atoms with Crippen LogP contribution in [-0.4, -0.2) is 63.4 Å². The van der Waals surface area contributed by atoms with E-state index in [9.17, 15) is 4.79 Å². The number of esters is 1. The molecule has 0 aromatic carbocycles. The Morgan fingerprint density at radius 1 is 1.27 bits per heavy atom. The van der Waals surface area contributed by atoms with Gasteiger partial charge in [-0.1, -0.05) is 0 Å². The van der Waals surface area contributed by atoms with Crippen LogP contribution in [0.25, 0.3) is 0 Å². The maximum Gasteiger partial charge on any atom is 0.332 e. The molecular formula is C10H19N3O2. The molecule has 0 fully saturated rings. The highest BCUT2D eigenvalue weighted by atomic mass is 16.5. The van der Waals surface area contributed by atoms with Gasteiger partial charge in [-0.2, -0.15) is 0 Å². The van der Waals surface area contributed by atoms with Crippen LogP contribution in [0.3, 0.4) is 0 Å². The molecule has 86 valence electrons. The summed E-state index contributed by atoms with van der Waals surface area (Å²) in [5.74, 6) is -0.344. The first-order valence-electron chi connectivity index (χ1n) is 4.70. The summed E-state index contributed by atoms with van der Waals surface area (Å²) in [4.78, 5) is 18.7. The molecule has 0 N–H and O–H groups in total. The molecule has 0 rings (SSSR count). The monoisotopic (exact) mass is 213 g/mol. The molecule has 15 heavy (non-hydrogen) atoms. The van der Waals surface area contributed by atoms with Crippen LogP contribution in [0.2, 0.25) is 0 Å². The lowest BCUT2D eigenvalue weighted by molar-refractivity contribution is -0.137. The van der Waals surface area contributed by atoms with Crippen molar-refractivity contribution < 1.29 is 9.53 Å². The normalized spacial score (nSPS) is 10.9. The van der Waals surface area contributed by atoms with Gasteiger partial charge in [0.15, 0.2) is 0 Å². The highest BCUT2D eigenvalue weighted by Gasteiger charge is 1.94. The molecule has 0 heterocycles. The van der Waals surface area contributed by atoms with Crippen LogP contribution in [0.4, 0.5) is 0 Å². The molecule has 5 nitrogen and oxygen atoms in total. The number of carbonyl (C=O) groups excluding carboxylic acids is 1. The Morgan fingerprint density at radius 2 is 1.93 bits per heavy atom. The Hall–Kier alpha value is -1.52. The SMILES string of the molecule is CN(C)C=CC(=O)OCCN=CN(C)C. The van der Waals surface area contributed by atoms with Crippen molar-refractivity contribution in [3.63, 3.8) is 0 Å². The van der Waals surface area contributed by atoms with E-state index in [0.29, 0.717) is 13.2 Å². The van der Waals surface area contributed by atoms with Gasteiger partial charge in [0.1, 0.15) is 6.61 Å². The van der Waals surface area contributed by atoms with Gasteiger partial charge >= 0.3 is 5.97 Å². The Labute approximate surface area is 91.0 Å². The van der Waals surface area contributed by atoms with E-state index in [2.05, 4.69) is 4.99 Å². The highest BCUT2D eigenvalue weighted by Crippen LogP contribution is 1.84. The van der Waals surface area contributed by atoms with Crippen molar-refractivity contribution in [2.24, 2.45) is 4.99 Å². The molecule has 0 aliphatic carbocycles. The van der Waals surface area contributed by atoms with Crippen LogP contribution in [-0.2, 0) is 9.53 Å². The van der Waals surface area contributed by atoms with Gasteiger partial charge < -0.3 is 14.5 Å². The summed E-state index contributed by atoms with van der Waals surface area (Å²) in [5, 5.41) is 0. The van der Waals surface area contributed by atoms with E-state index in [1.807, 2.05) is 33.1 Å². The lowest BCUT2D eigenvalue weighted by Gasteiger charge is -2.04. The van der Waals surface area contributed by atoms with E-state index < -0.39 is 0 Å². The van der Waals surface area contributed by atoms with Gasteiger partial charge in [0.25, 0.3) is 0 Å². The number of ether oxygens (including phenoxy) is 1.